The molecule has 0 rings (SSSR count). The minimum Gasteiger partial charge on any atom is -0.393 e. The third-order valence-electron chi connectivity index (χ3n) is 0.671. The van der Waals surface area contributed by atoms with Gasteiger partial charge in [0.1, 0.15) is 0 Å². The fourth-order valence-corrected chi connectivity index (χ4v) is 0.995. The molecule has 0 radical (unpaired) electrons. The van der Waals surface area contributed by atoms with E-state index in [9.17, 15) is 0 Å². The summed E-state index contributed by atoms with van der Waals surface area (Å²) in [6.07, 6.45) is -0.151. The quantitative estimate of drug-likeness (QED) is 0.631. The standard InChI is InChI=1S/C6H14OS/c1-5(2)8-4-6(3)7/h5-7H,4H2,1-3H3. The largest absolute Gasteiger partial charge is 0.393 e. The van der Waals surface area contributed by atoms with Crippen LogP contribution in [0.25, 0.3) is 0 Å². The average molecular weight is 134 g/mol. The van der Waals surface area contributed by atoms with E-state index in [2.05, 4.69) is 13.8 Å². The van der Waals surface area contributed by atoms with Crippen LogP contribution in [-0.2, 0) is 0 Å². The lowest BCUT2D eigenvalue weighted by molar-refractivity contribution is 0.220. The number of rotatable bonds is 3. The predicted molar refractivity (Wildman–Crippen MR) is 39.3 cm³/mol. The van der Waals surface area contributed by atoms with Crippen LogP contribution in [0.4, 0.5) is 0 Å². The van der Waals surface area contributed by atoms with Crippen molar-refractivity contribution in [2.24, 2.45) is 0 Å². The Kier molecular flexibility index (Phi) is 4.38. The lowest BCUT2D eigenvalue weighted by atomic mass is 10.5. The summed E-state index contributed by atoms with van der Waals surface area (Å²) in [5.74, 6) is 0.859. The lowest BCUT2D eigenvalue weighted by Crippen LogP contribution is -2.05. The second kappa shape index (κ2) is 4.21. The summed E-state index contributed by atoms with van der Waals surface area (Å²) in [7, 11) is 0. The average Bonchev–Trinajstić information content (AvgIpc) is 1.61. The maximum Gasteiger partial charge on any atom is 0.0602 e. The molecule has 0 amide bonds. The second-order valence-corrected chi connectivity index (χ2v) is 3.84. The molecule has 50 valence electrons. The van der Waals surface area contributed by atoms with Gasteiger partial charge in [-0.05, 0) is 12.2 Å². The van der Waals surface area contributed by atoms with Crippen molar-refractivity contribution in [1.29, 1.82) is 0 Å². The van der Waals surface area contributed by atoms with E-state index >= 15 is 0 Å². The van der Waals surface area contributed by atoms with Gasteiger partial charge >= 0.3 is 0 Å². The smallest absolute Gasteiger partial charge is 0.0602 e. The molecule has 1 nitrogen and oxygen atoms in total. The van der Waals surface area contributed by atoms with Crippen molar-refractivity contribution in [3.63, 3.8) is 0 Å². The SMILES string of the molecule is CC(O)CSC(C)C. The summed E-state index contributed by atoms with van der Waals surface area (Å²) in [6.45, 7) is 6.08. The molecule has 0 spiro atoms. The highest BCUT2D eigenvalue weighted by Crippen LogP contribution is 2.09. The van der Waals surface area contributed by atoms with Gasteiger partial charge in [-0.2, -0.15) is 11.8 Å². The summed E-state index contributed by atoms with van der Waals surface area (Å²) in [6, 6.07) is 0. The van der Waals surface area contributed by atoms with E-state index in [1.807, 2.05) is 6.92 Å². The molecule has 0 heterocycles. The van der Waals surface area contributed by atoms with Gasteiger partial charge in [-0.3, -0.25) is 0 Å². The van der Waals surface area contributed by atoms with Crippen LogP contribution in [0.5, 0.6) is 0 Å². The fourth-order valence-electron chi connectivity index (χ4n) is 0.332. The van der Waals surface area contributed by atoms with Crippen LogP contribution in [0, 0.1) is 0 Å². The van der Waals surface area contributed by atoms with Gasteiger partial charge in [0.25, 0.3) is 0 Å². The van der Waals surface area contributed by atoms with Crippen LogP contribution in [0.15, 0.2) is 0 Å². The van der Waals surface area contributed by atoms with Crippen molar-refractivity contribution >= 4 is 11.8 Å². The van der Waals surface area contributed by atoms with Crippen LogP contribution < -0.4 is 0 Å². The maximum absolute atomic E-state index is 8.78. The summed E-state index contributed by atoms with van der Waals surface area (Å²) in [4.78, 5) is 0. The van der Waals surface area contributed by atoms with E-state index in [0.717, 1.165) is 5.75 Å². The Balaban J connectivity index is 2.93. The van der Waals surface area contributed by atoms with Crippen molar-refractivity contribution in [2.45, 2.75) is 32.1 Å². The van der Waals surface area contributed by atoms with E-state index in [1.165, 1.54) is 0 Å². The second-order valence-electron chi connectivity index (χ2n) is 2.23. The first kappa shape index (κ1) is 8.31. The number of aliphatic hydroxyl groups excluding tert-OH is 1. The maximum atomic E-state index is 8.78. The Labute approximate surface area is 55.5 Å². The third-order valence-corrected chi connectivity index (χ3v) is 2.01. The van der Waals surface area contributed by atoms with Crippen LogP contribution >= 0.6 is 11.8 Å². The summed E-state index contributed by atoms with van der Waals surface area (Å²) >= 11 is 1.79. The van der Waals surface area contributed by atoms with Crippen molar-refractivity contribution < 1.29 is 5.11 Å². The molecular weight excluding hydrogens is 120 g/mol. The minimum absolute atomic E-state index is 0.151. The number of aliphatic hydroxyl groups is 1. The molecule has 0 fully saturated rings. The molecular formula is C6H14OS. The molecule has 0 aliphatic rings. The van der Waals surface area contributed by atoms with Crippen LogP contribution in [0.2, 0.25) is 0 Å². The highest BCUT2D eigenvalue weighted by molar-refractivity contribution is 7.99. The van der Waals surface area contributed by atoms with Gasteiger partial charge in [0.2, 0.25) is 0 Å². The van der Waals surface area contributed by atoms with Crippen LogP contribution in [0.1, 0.15) is 20.8 Å². The Hall–Kier alpha value is 0.310. The van der Waals surface area contributed by atoms with Crippen LogP contribution in [0.3, 0.4) is 0 Å². The first-order valence-corrected chi connectivity index (χ1v) is 3.97. The molecule has 1 N–H and O–H groups in total. The number of thioether (sulfide) groups is 1. The fraction of sp³-hybridized carbons (Fsp3) is 1.00. The normalized spacial score (nSPS) is 14.6. The molecule has 0 aromatic rings. The van der Waals surface area contributed by atoms with E-state index in [0.29, 0.717) is 5.25 Å². The Morgan fingerprint density at radius 3 is 2.00 bits per heavy atom. The molecule has 0 aliphatic heterocycles. The van der Waals surface area contributed by atoms with Gasteiger partial charge in [-0.1, -0.05) is 13.8 Å². The lowest BCUT2D eigenvalue weighted by Gasteiger charge is -2.05. The molecule has 0 aromatic heterocycles. The molecule has 0 saturated carbocycles. The van der Waals surface area contributed by atoms with E-state index < -0.39 is 0 Å². The Bertz CT molecular complexity index is 44.5. The summed E-state index contributed by atoms with van der Waals surface area (Å²) in [5, 5.41) is 9.42. The highest BCUT2D eigenvalue weighted by Gasteiger charge is 1.97. The summed E-state index contributed by atoms with van der Waals surface area (Å²) in [5.41, 5.74) is 0. The topological polar surface area (TPSA) is 20.2 Å². The first-order chi connectivity index (χ1) is 3.63. The molecule has 2 heteroatoms. The number of hydrogen-bond acceptors (Lipinski definition) is 2. The Morgan fingerprint density at radius 2 is 1.88 bits per heavy atom. The zero-order valence-electron chi connectivity index (χ0n) is 5.72. The van der Waals surface area contributed by atoms with E-state index in [4.69, 9.17) is 5.11 Å². The van der Waals surface area contributed by atoms with Gasteiger partial charge < -0.3 is 5.11 Å². The highest BCUT2D eigenvalue weighted by atomic mass is 32.2. The van der Waals surface area contributed by atoms with Gasteiger partial charge in [0, 0.05) is 5.75 Å². The van der Waals surface area contributed by atoms with Crippen LogP contribution in [-0.4, -0.2) is 22.2 Å². The molecule has 1 atom stereocenters. The zero-order valence-corrected chi connectivity index (χ0v) is 6.53. The van der Waals surface area contributed by atoms with Crippen molar-refractivity contribution in [1.82, 2.24) is 0 Å². The van der Waals surface area contributed by atoms with Gasteiger partial charge in [-0.25, -0.2) is 0 Å². The summed E-state index contributed by atoms with van der Waals surface area (Å²) < 4.78 is 0. The Morgan fingerprint density at radius 1 is 1.38 bits per heavy atom. The molecule has 0 bridgehead atoms. The van der Waals surface area contributed by atoms with Gasteiger partial charge in [0.15, 0.2) is 0 Å². The third kappa shape index (κ3) is 6.31. The van der Waals surface area contributed by atoms with Gasteiger partial charge in [-0.15, -0.1) is 0 Å². The molecule has 1 unspecified atom stereocenters. The zero-order chi connectivity index (χ0) is 6.57. The van der Waals surface area contributed by atoms with Crippen molar-refractivity contribution in [2.75, 3.05) is 5.75 Å². The molecule has 0 saturated heterocycles. The van der Waals surface area contributed by atoms with Crippen molar-refractivity contribution in [3.8, 4) is 0 Å². The van der Waals surface area contributed by atoms with E-state index in [1.54, 1.807) is 11.8 Å². The first-order valence-electron chi connectivity index (χ1n) is 2.92. The number of hydrogen-bond donors (Lipinski definition) is 1. The van der Waals surface area contributed by atoms with Gasteiger partial charge in [0.05, 0.1) is 6.10 Å². The van der Waals surface area contributed by atoms with E-state index in [-0.39, 0.29) is 6.10 Å². The van der Waals surface area contributed by atoms with Crippen molar-refractivity contribution in [3.05, 3.63) is 0 Å². The minimum atomic E-state index is -0.151. The molecule has 0 aliphatic carbocycles. The molecule has 8 heavy (non-hydrogen) atoms. The predicted octanol–water partition coefficient (Wildman–Crippen LogP) is 1.51. The monoisotopic (exact) mass is 134 g/mol. The molecule has 0 aromatic carbocycles.